The highest BCUT2D eigenvalue weighted by Crippen LogP contribution is 2.12. The Balaban J connectivity index is 2.41. The van der Waals surface area contributed by atoms with Gasteiger partial charge in [0.05, 0.1) is 0 Å². The monoisotopic (exact) mass is 271 g/mol. The number of carbonyl (C=O) groups is 2. The lowest BCUT2D eigenvalue weighted by Gasteiger charge is -2.18. The van der Waals surface area contributed by atoms with Crippen LogP contribution in [0, 0.1) is 0 Å². The maximum atomic E-state index is 11.7. The van der Waals surface area contributed by atoms with Gasteiger partial charge in [0.1, 0.15) is 16.7 Å². The molecule has 0 unspecified atom stereocenters. The number of H-pyrrole nitrogens is 1. The van der Waals surface area contributed by atoms with E-state index in [1.165, 1.54) is 0 Å². The fraction of sp³-hybridized carbons (Fsp3) is 0.583. The lowest BCUT2D eigenvalue weighted by atomic mass is 10.2. The number of hydrogen-bond acceptors (Lipinski definition) is 3. The molecular formula is C12H18ClN3O2. The Labute approximate surface area is 112 Å². The van der Waals surface area contributed by atoms with Crippen LogP contribution in [0.15, 0.2) is 0 Å². The Morgan fingerprint density at radius 1 is 1.44 bits per heavy atom. The number of nitrogens with one attached hydrogen (secondary N) is 1. The van der Waals surface area contributed by atoms with Crippen molar-refractivity contribution in [2.45, 2.75) is 33.1 Å². The fourth-order valence-electron chi connectivity index (χ4n) is 1.75. The zero-order valence-corrected chi connectivity index (χ0v) is 11.5. The van der Waals surface area contributed by atoms with Crippen LogP contribution in [0.3, 0.4) is 0 Å². The largest absolute Gasteiger partial charge is 0.343 e. The summed E-state index contributed by atoms with van der Waals surface area (Å²) in [5.41, 5.74) is 0.224. The minimum Gasteiger partial charge on any atom is -0.343 e. The molecule has 1 amide bonds. The number of aromatic amines is 1. The summed E-state index contributed by atoms with van der Waals surface area (Å²) in [6.07, 6.45) is 2.40. The zero-order valence-electron chi connectivity index (χ0n) is 10.7. The van der Waals surface area contributed by atoms with Crippen molar-refractivity contribution in [3.05, 3.63) is 16.7 Å². The Bertz CT molecular complexity index is 413. The van der Waals surface area contributed by atoms with Crippen LogP contribution in [0.2, 0.25) is 5.15 Å². The molecule has 0 aliphatic rings. The lowest BCUT2D eigenvalue weighted by Crippen LogP contribution is -2.30. The van der Waals surface area contributed by atoms with Gasteiger partial charge in [-0.2, -0.15) is 0 Å². The summed E-state index contributed by atoms with van der Waals surface area (Å²) in [5.74, 6) is 0.794. The molecule has 0 atom stereocenters. The van der Waals surface area contributed by atoms with Crippen molar-refractivity contribution in [3.8, 4) is 0 Å². The van der Waals surface area contributed by atoms with Crippen LogP contribution in [0.1, 0.15) is 43.0 Å². The minimum atomic E-state index is 0.147. The average molecular weight is 272 g/mol. The van der Waals surface area contributed by atoms with Crippen molar-refractivity contribution < 1.29 is 9.59 Å². The van der Waals surface area contributed by atoms with E-state index in [4.69, 9.17) is 11.6 Å². The van der Waals surface area contributed by atoms with Crippen molar-refractivity contribution in [3.63, 3.8) is 0 Å². The molecule has 100 valence electrons. The summed E-state index contributed by atoms with van der Waals surface area (Å²) in [7, 11) is 0. The van der Waals surface area contributed by atoms with Crippen molar-refractivity contribution in [1.82, 2.24) is 14.9 Å². The number of amides is 1. The highest BCUT2D eigenvalue weighted by molar-refractivity contribution is 6.31. The molecule has 6 heteroatoms. The van der Waals surface area contributed by atoms with Crippen LogP contribution in [0.4, 0.5) is 0 Å². The van der Waals surface area contributed by atoms with Gasteiger partial charge in [0.15, 0.2) is 6.29 Å². The Hall–Kier alpha value is -1.36. The molecule has 1 aromatic rings. The zero-order chi connectivity index (χ0) is 13.5. The van der Waals surface area contributed by atoms with Crippen LogP contribution in [-0.2, 0) is 11.2 Å². The molecule has 18 heavy (non-hydrogen) atoms. The number of aryl methyl sites for hydroxylation is 1. The molecular weight excluding hydrogens is 254 g/mol. The number of carbonyl (C=O) groups excluding carboxylic acids is 2. The Morgan fingerprint density at radius 2 is 2.11 bits per heavy atom. The standard InChI is InChI=1S/C12H18ClN3O2/c1-3-16(4-2)11(18)7-5-6-10-14-9(8-17)12(13)15-10/h8H,3-7H2,1-2H3,(H,14,15). The number of rotatable bonds is 7. The molecule has 0 aliphatic heterocycles. The van der Waals surface area contributed by atoms with Crippen LogP contribution in [0.25, 0.3) is 0 Å². The highest BCUT2D eigenvalue weighted by Gasteiger charge is 2.11. The van der Waals surface area contributed by atoms with Crippen molar-refractivity contribution in [2.75, 3.05) is 13.1 Å². The number of halogens is 1. The van der Waals surface area contributed by atoms with E-state index in [0.717, 1.165) is 13.1 Å². The number of nitrogens with zero attached hydrogens (tertiary/aromatic N) is 2. The van der Waals surface area contributed by atoms with Crippen LogP contribution >= 0.6 is 11.6 Å². The predicted molar refractivity (Wildman–Crippen MR) is 69.9 cm³/mol. The van der Waals surface area contributed by atoms with E-state index in [9.17, 15) is 9.59 Å². The molecule has 0 saturated heterocycles. The van der Waals surface area contributed by atoms with Gasteiger partial charge in [0, 0.05) is 25.9 Å². The average Bonchev–Trinajstić information content (AvgIpc) is 2.71. The Morgan fingerprint density at radius 3 is 2.61 bits per heavy atom. The first kappa shape index (κ1) is 14.7. The fourth-order valence-corrected chi connectivity index (χ4v) is 1.95. The molecule has 0 radical (unpaired) electrons. The molecule has 1 N–H and O–H groups in total. The predicted octanol–water partition coefficient (Wildman–Crippen LogP) is 2.07. The third kappa shape index (κ3) is 3.84. The smallest absolute Gasteiger partial charge is 0.222 e. The van der Waals surface area contributed by atoms with E-state index < -0.39 is 0 Å². The first-order chi connectivity index (χ1) is 8.62. The van der Waals surface area contributed by atoms with Crippen LogP contribution < -0.4 is 0 Å². The lowest BCUT2D eigenvalue weighted by molar-refractivity contribution is -0.130. The third-order valence-electron chi connectivity index (χ3n) is 2.77. The van der Waals surface area contributed by atoms with Crippen molar-refractivity contribution in [1.29, 1.82) is 0 Å². The van der Waals surface area contributed by atoms with E-state index in [1.54, 1.807) is 4.90 Å². The third-order valence-corrected chi connectivity index (χ3v) is 3.05. The first-order valence-corrected chi connectivity index (χ1v) is 6.47. The summed E-state index contributed by atoms with van der Waals surface area (Å²) in [6.45, 7) is 5.39. The molecule has 0 aliphatic carbocycles. The van der Waals surface area contributed by atoms with Gasteiger partial charge in [-0.05, 0) is 20.3 Å². The van der Waals surface area contributed by atoms with Gasteiger partial charge in [0.25, 0.3) is 0 Å². The summed E-state index contributed by atoms with van der Waals surface area (Å²) in [6, 6.07) is 0. The summed E-state index contributed by atoms with van der Waals surface area (Å²) < 4.78 is 0. The normalized spacial score (nSPS) is 10.4. The molecule has 1 aromatic heterocycles. The summed E-state index contributed by atoms with van der Waals surface area (Å²) in [4.78, 5) is 31.0. The van der Waals surface area contributed by atoms with Gasteiger partial charge >= 0.3 is 0 Å². The molecule has 1 rings (SSSR count). The quantitative estimate of drug-likeness (QED) is 0.772. The Kier molecular flexibility index (Phi) is 5.85. The van der Waals surface area contributed by atoms with E-state index in [-0.39, 0.29) is 16.8 Å². The van der Waals surface area contributed by atoms with Crippen LogP contribution in [0.5, 0.6) is 0 Å². The molecule has 0 spiro atoms. The second kappa shape index (κ2) is 7.16. The van der Waals surface area contributed by atoms with Gasteiger partial charge < -0.3 is 9.88 Å². The minimum absolute atomic E-state index is 0.147. The summed E-state index contributed by atoms with van der Waals surface area (Å²) >= 11 is 5.76. The molecule has 0 aromatic carbocycles. The number of hydrogen-bond donors (Lipinski definition) is 1. The number of aldehydes is 1. The second-order valence-electron chi connectivity index (χ2n) is 3.92. The molecule has 0 saturated carbocycles. The van der Waals surface area contributed by atoms with E-state index >= 15 is 0 Å². The second-order valence-corrected chi connectivity index (χ2v) is 4.30. The molecule has 0 bridgehead atoms. The van der Waals surface area contributed by atoms with Gasteiger partial charge in [-0.3, -0.25) is 9.59 Å². The van der Waals surface area contributed by atoms with Crippen LogP contribution in [-0.4, -0.2) is 40.2 Å². The van der Waals surface area contributed by atoms with E-state index in [0.29, 0.717) is 31.4 Å². The van der Waals surface area contributed by atoms with Crippen molar-refractivity contribution >= 4 is 23.8 Å². The van der Waals surface area contributed by atoms with Crippen molar-refractivity contribution in [2.24, 2.45) is 0 Å². The SMILES string of the molecule is CCN(CC)C(=O)CCCc1nc(C=O)c(Cl)[nH]1. The van der Waals surface area contributed by atoms with Gasteiger partial charge in [-0.25, -0.2) is 4.98 Å². The van der Waals surface area contributed by atoms with E-state index in [2.05, 4.69) is 9.97 Å². The van der Waals surface area contributed by atoms with E-state index in [1.807, 2.05) is 13.8 Å². The molecule has 0 fully saturated rings. The maximum Gasteiger partial charge on any atom is 0.222 e. The maximum absolute atomic E-state index is 11.7. The van der Waals surface area contributed by atoms with Gasteiger partial charge in [-0.15, -0.1) is 0 Å². The highest BCUT2D eigenvalue weighted by atomic mass is 35.5. The topological polar surface area (TPSA) is 66.1 Å². The summed E-state index contributed by atoms with van der Waals surface area (Å²) in [5, 5.41) is 0.259. The molecule has 5 nitrogen and oxygen atoms in total. The van der Waals surface area contributed by atoms with Gasteiger partial charge in [-0.1, -0.05) is 11.6 Å². The molecule has 1 heterocycles. The first-order valence-electron chi connectivity index (χ1n) is 6.09. The number of imidazole rings is 1. The van der Waals surface area contributed by atoms with Gasteiger partial charge in [0.2, 0.25) is 5.91 Å². The number of aromatic nitrogens is 2.